The first kappa shape index (κ1) is 22.3. The lowest BCUT2D eigenvalue weighted by molar-refractivity contribution is -0.145. The van der Waals surface area contributed by atoms with Crippen LogP contribution in [-0.4, -0.2) is 30.3 Å². The maximum Gasteiger partial charge on any atom is 0.329 e. The smallest absolute Gasteiger partial charge is 0.329 e. The average molecular weight is 395 g/mol. The Balaban J connectivity index is 2.00. The third kappa shape index (κ3) is 6.28. The number of carbonyl (C=O) groups is 3. The van der Waals surface area contributed by atoms with E-state index in [1.807, 2.05) is 26.0 Å². The van der Waals surface area contributed by atoms with Crippen LogP contribution >= 0.6 is 0 Å². The van der Waals surface area contributed by atoms with Crippen LogP contribution in [0.3, 0.4) is 0 Å². The largest absolute Gasteiger partial charge is 0.456 e. The number of hydrogen-bond acceptors (Lipinski definition) is 4. The van der Waals surface area contributed by atoms with Gasteiger partial charge in [0.1, 0.15) is 6.04 Å². The molecule has 0 radical (unpaired) electrons. The lowest BCUT2D eigenvalue weighted by Crippen LogP contribution is -2.45. The molecule has 0 aliphatic rings. The molecule has 1 amide bonds. The van der Waals surface area contributed by atoms with Crippen LogP contribution in [0, 0.1) is 5.92 Å². The summed E-state index contributed by atoms with van der Waals surface area (Å²) in [6.07, 6.45) is 0. The first-order chi connectivity index (χ1) is 13.6. The Morgan fingerprint density at radius 2 is 1.48 bits per heavy atom. The zero-order valence-electron chi connectivity index (χ0n) is 17.7. The minimum atomic E-state index is -0.839. The van der Waals surface area contributed by atoms with Gasteiger partial charge in [-0.25, -0.2) is 4.79 Å². The predicted octanol–water partition coefficient (Wildman–Crippen LogP) is 4.16. The number of amides is 1. The second-order valence-corrected chi connectivity index (χ2v) is 8.42. The summed E-state index contributed by atoms with van der Waals surface area (Å²) in [6.45, 7) is 9.57. The van der Waals surface area contributed by atoms with Gasteiger partial charge in [0.25, 0.3) is 5.91 Å². The van der Waals surface area contributed by atoms with Crippen molar-refractivity contribution >= 4 is 17.7 Å². The van der Waals surface area contributed by atoms with Gasteiger partial charge in [0, 0.05) is 11.1 Å². The number of nitrogens with one attached hydrogen (secondary N) is 1. The van der Waals surface area contributed by atoms with Gasteiger partial charge in [0.2, 0.25) is 0 Å². The monoisotopic (exact) mass is 395 g/mol. The minimum Gasteiger partial charge on any atom is -0.456 e. The van der Waals surface area contributed by atoms with Gasteiger partial charge in [0.05, 0.1) is 0 Å². The molecule has 2 rings (SSSR count). The first-order valence-corrected chi connectivity index (χ1v) is 9.76. The lowest BCUT2D eigenvalue weighted by atomic mass is 9.86. The number of ketones is 1. The van der Waals surface area contributed by atoms with Crippen LogP contribution in [0.4, 0.5) is 0 Å². The van der Waals surface area contributed by atoms with Crippen LogP contribution in [0.5, 0.6) is 0 Å². The normalized spacial score (nSPS) is 12.3. The van der Waals surface area contributed by atoms with Crippen LogP contribution in [0.2, 0.25) is 0 Å². The molecule has 0 spiro atoms. The van der Waals surface area contributed by atoms with Gasteiger partial charge in [0.15, 0.2) is 12.4 Å². The highest BCUT2D eigenvalue weighted by atomic mass is 16.5. The minimum absolute atomic E-state index is 0.00935. The Morgan fingerprint density at radius 3 is 2.00 bits per heavy atom. The predicted molar refractivity (Wildman–Crippen MR) is 113 cm³/mol. The summed E-state index contributed by atoms with van der Waals surface area (Å²) < 4.78 is 5.18. The average Bonchev–Trinajstić information content (AvgIpc) is 2.69. The van der Waals surface area contributed by atoms with Crippen LogP contribution < -0.4 is 5.32 Å². The molecule has 0 saturated carbocycles. The molecule has 1 N–H and O–H groups in total. The Labute approximate surface area is 172 Å². The van der Waals surface area contributed by atoms with Gasteiger partial charge in [-0.15, -0.1) is 0 Å². The van der Waals surface area contributed by atoms with Crippen LogP contribution in [-0.2, 0) is 14.9 Å². The zero-order valence-corrected chi connectivity index (χ0v) is 17.7. The van der Waals surface area contributed by atoms with E-state index in [1.165, 1.54) is 0 Å². The summed E-state index contributed by atoms with van der Waals surface area (Å²) in [4.78, 5) is 37.2. The molecule has 0 aliphatic heterocycles. The lowest BCUT2D eigenvalue weighted by Gasteiger charge is -2.22. The number of hydrogen-bond donors (Lipinski definition) is 1. The zero-order chi connectivity index (χ0) is 21.6. The maximum atomic E-state index is 12.6. The Morgan fingerprint density at radius 1 is 0.897 bits per heavy atom. The highest BCUT2D eigenvalue weighted by molar-refractivity contribution is 5.99. The van der Waals surface area contributed by atoms with Gasteiger partial charge in [-0.2, -0.15) is 0 Å². The van der Waals surface area contributed by atoms with E-state index in [4.69, 9.17) is 4.74 Å². The molecule has 1 atom stereocenters. The Bertz CT molecular complexity index is 849. The van der Waals surface area contributed by atoms with E-state index in [0.29, 0.717) is 11.1 Å². The molecule has 154 valence electrons. The van der Waals surface area contributed by atoms with Gasteiger partial charge >= 0.3 is 5.97 Å². The van der Waals surface area contributed by atoms with E-state index in [9.17, 15) is 14.4 Å². The third-order valence-electron chi connectivity index (χ3n) is 4.66. The molecule has 0 heterocycles. The highest BCUT2D eigenvalue weighted by Gasteiger charge is 2.27. The van der Waals surface area contributed by atoms with Gasteiger partial charge in [-0.3, -0.25) is 9.59 Å². The van der Waals surface area contributed by atoms with Crippen molar-refractivity contribution in [3.63, 3.8) is 0 Å². The molecular weight excluding hydrogens is 366 g/mol. The fourth-order valence-electron chi connectivity index (χ4n) is 2.78. The van der Waals surface area contributed by atoms with Crippen molar-refractivity contribution in [2.24, 2.45) is 5.92 Å². The molecule has 0 aromatic heterocycles. The molecule has 0 saturated heterocycles. The number of Topliss-reactive ketones (excluding diaryl/α,β-unsaturated/α-hetero) is 1. The number of benzene rings is 2. The van der Waals surface area contributed by atoms with Crippen molar-refractivity contribution in [1.29, 1.82) is 0 Å². The van der Waals surface area contributed by atoms with Crippen molar-refractivity contribution in [3.8, 4) is 0 Å². The molecule has 0 aliphatic carbocycles. The standard InChI is InChI=1S/C24H29NO4/c1-16(2)21(23(28)29-15-20(26)17-9-7-6-8-10-17)25-22(27)18-11-13-19(14-12-18)24(3,4)5/h6-14,16,21H,15H2,1-5H3,(H,25,27)/t21-/m1/s1. The van der Waals surface area contributed by atoms with Crippen LogP contribution in [0.1, 0.15) is 60.9 Å². The van der Waals surface area contributed by atoms with E-state index in [0.717, 1.165) is 5.56 Å². The van der Waals surface area contributed by atoms with Gasteiger partial charge in [-0.05, 0) is 29.0 Å². The number of ether oxygens (including phenoxy) is 1. The summed E-state index contributed by atoms with van der Waals surface area (Å²) in [6, 6.07) is 15.1. The molecule has 5 heteroatoms. The van der Waals surface area contributed by atoms with Crippen molar-refractivity contribution in [1.82, 2.24) is 5.32 Å². The molecule has 0 bridgehead atoms. The van der Waals surface area contributed by atoms with E-state index in [-0.39, 0.29) is 29.6 Å². The summed E-state index contributed by atoms with van der Waals surface area (Å²) in [7, 11) is 0. The van der Waals surface area contributed by atoms with Crippen LogP contribution in [0.15, 0.2) is 54.6 Å². The van der Waals surface area contributed by atoms with E-state index >= 15 is 0 Å². The summed E-state index contributed by atoms with van der Waals surface area (Å²) >= 11 is 0. The first-order valence-electron chi connectivity index (χ1n) is 9.76. The maximum absolute atomic E-state index is 12.6. The molecule has 2 aromatic carbocycles. The summed E-state index contributed by atoms with van der Waals surface area (Å²) in [5.74, 6) is -1.45. The van der Waals surface area contributed by atoms with Crippen molar-refractivity contribution in [2.45, 2.75) is 46.1 Å². The second-order valence-electron chi connectivity index (χ2n) is 8.42. The molecule has 29 heavy (non-hydrogen) atoms. The van der Waals surface area contributed by atoms with E-state index in [1.54, 1.807) is 42.5 Å². The molecule has 5 nitrogen and oxygen atoms in total. The van der Waals surface area contributed by atoms with Crippen LogP contribution in [0.25, 0.3) is 0 Å². The van der Waals surface area contributed by atoms with Gasteiger partial charge < -0.3 is 10.1 Å². The quantitative estimate of drug-likeness (QED) is 0.564. The highest BCUT2D eigenvalue weighted by Crippen LogP contribution is 2.22. The van der Waals surface area contributed by atoms with Gasteiger partial charge in [-0.1, -0.05) is 77.1 Å². The summed E-state index contributed by atoms with van der Waals surface area (Å²) in [5.41, 5.74) is 2.05. The molecule has 0 unspecified atom stereocenters. The van der Waals surface area contributed by atoms with Crippen molar-refractivity contribution in [3.05, 3.63) is 71.3 Å². The van der Waals surface area contributed by atoms with Crippen molar-refractivity contribution < 1.29 is 19.1 Å². The second kappa shape index (κ2) is 9.50. The summed E-state index contributed by atoms with van der Waals surface area (Å²) in [5, 5.41) is 2.73. The molecular formula is C24H29NO4. The SMILES string of the molecule is CC(C)[C@@H](NC(=O)c1ccc(C(C)(C)C)cc1)C(=O)OCC(=O)c1ccccc1. The van der Waals surface area contributed by atoms with E-state index < -0.39 is 12.0 Å². The molecule has 0 fully saturated rings. The fourth-order valence-corrected chi connectivity index (χ4v) is 2.78. The number of esters is 1. The number of rotatable bonds is 7. The third-order valence-corrected chi connectivity index (χ3v) is 4.66. The topological polar surface area (TPSA) is 72.5 Å². The fraction of sp³-hybridized carbons (Fsp3) is 0.375. The Kier molecular flexibility index (Phi) is 7.32. The Hall–Kier alpha value is -2.95. The van der Waals surface area contributed by atoms with Crippen molar-refractivity contribution in [2.75, 3.05) is 6.61 Å². The molecule has 2 aromatic rings. The number of carbonyl (C=O) groups excluding carboxylic acids is 3. The van der Waals surface area contributed by atoms with E-state index in [2.05, 4.69) is 26.1 Å².